The Balaban J connectivity index is 2.12. The van der Waals surface area contributed by atoms with Gasteiger partial charge in [0.15, 0.2) is 11.6 Å². The third kappa shape index (κ3) is 4.23. The van der Waals surface area contributed by atoms with Crippen molar-refractivity contribution < 1.29 is 4.79 Å². The molecule has 0 spiro atoms. The summed E-state index contributed by atoms with van der Waals surface area (Å²) in [6.07, 6.45) is 0. The smallest absolute Gasteiger partial charge is 0.321 e. The number of fused-ring (bicyclic) bond motifs is 1. The van der Waals surface area contributed by atoms with Gasteiger partial charge in [-0.2, -0.15) is 10.2 Å². The van der Waals surface area contributed by atoms with Crippen LogP contribution in [-0.2, 0) is 0 Å². The lowest BCUT2D eigenvalue weighted by molar-refractivity contribution is 0.245. The van der Waals surface area contributed by atoms with Gasteiger partial charge in [-0.3, -0.25) is 14.8 Å². The van der Waals surface area contributed by atoms with Gasteiger partial charge >= 0.3 is 6.03 Å². The molecule has 0 aliphatic rings. The van der Waals surface area contributed by atoms with Gasteiger partial charge in [-0.05, 0) is 52.8 Å². The maximum absolute atomic E-state index is 13.0. The van der Waals surface area contributed by atoms with E-state index in [0.29, 0.717) is 28.1 Å². The monoisotopic (exact) mass is 397 g/mol. The minimum absolute atomic E-state index is 0.0147. The molecule has 2 amide bonds. The van der Waals surface area contributed by atoms with Crippen LogP contribution in [0.5, 0.6) is 0 Å². The van der Waals surface area contributed by atoms with Crippen molar-refractivity contribution in [1.82, 2.24) is 25.3 Å². The first-order valence-corrected chi connectivity index (χ1v) is 9.57. The summed E-state index contributed by atoms with van der Waals surface area (Å²) in [4.78, 5) is 26.9. The van der Waals surface area contributed by atoms with Gasteiger partial charge in [-0.1, -0.05) is 0 Å². The highest BCUT2D eigenvalue weighted by Gasteiger charge is 2.17. The molecule has 3 rings (SSSR count). The van der Waals surface area contributed by atoms with E-state index in [0.717, 1.165) is 5.69 Å². The quantitative estimate of drug-likeness (QED) is 0.612. The van der Waals surface area contributed by atoms with E-state index in [9.17, 15) is 9.59 Å². The van der Waals surface area contributed by atoms with Crippen LogP contribution >= 0.6 is 0 Å². The number of benzene rings is 1. The Hall–Kier alpha value is -3.36. The summed E-state index contributed by atoms with van der Waals surface area (Å²) in [5.41, 5.74) is 1.32. The van der Waals surface area contributed by atoms with Crippen molar-refractivity contribution in [3.05, 3.63) is 40.3 Å². The van der Waals surface area contributed by atoms with Crippen LogP contribution in [-0.4, -0.2) is 39.1 Å². The summed E-state index contributed by atoms with van der Waals surface area (Å²) in [5.74, 6) is 1.14. The van der Waals surface area contributed by atoms with Crippen molar-refractivity contribution in [2.75, 3.05) is 17.3 Å². The number of aryl methyl sites for hydroxylation is 1. The van der Waals surface area contributed by atoms with Crippen LogP contribution in [0.1, 0.15) is 39.4 Å². The second kappa shape index (κ2) is 7.94. The second-order valence-electron chi connectivity index (χ2n) is 7.65. The number of urea groups is 1. The van der Waals surface area contributed by atoms with E-state index in [-0.39, 0.29) is 23.7 Å². The molecule has 0 aliphatic carbocycles. The van der Waals surface area contributed by atoms with Crippen LogP contribution in [0.25, 0.3) is 10.8 Å². The molecule has 9 heteroatoms. The van der Waals surface area contributed by atoms with E-state index in [4.69, 9.17) is 0 Å². The number of anilines is 3. The standard InChI is InChI=1S/C20H27N7O2/c1-11(2)21-20(29)26(6)14-7-8-15-16(10-14)19(28)27(12(3)4)25-18(15)22-17-9-13(5)23-24-17/h7-12H,1-6H3,(H,21,29)(H2,22,23,24,25). The molecule has 0 radical (unpaired) electrons. The highest BCUT2D eigenvalue weighted by Crippen LogP contribution is 2.26. The molecule has 0 saturated carbocycles. The lowest BCUT2D eigenvalue weighted by atomic mass is 10.1. The van der Waals surface area contributed by atoms with Crippen LogP contribution < -0.4 is 21.1 Å². The number of carbonyl (C=O) groups excluding carboxylic acids is 1. The van der Waals surface area contributed by atoms with Crippen molar-refractivity contribution in [2.45, 2.75) is 46.7 Å². The molecule has 2 aromatic heterocycles. The normalized spacial score (nSPS) is 11.3. The SMILES string of the molecule is Cc1cc(Nc2nn(C(C)C)c(=O)c3cc(N(C)C(=O)NC(C)C)ccc23)n[nH]1. The molecule has 0 saturated heterocycles. The molecule has 0 bridgehead atoms. The molecular weight excluding hydrogens is 370 g/mol. The van der Waals surface area contributed by atoms with Crippen molar-refractivity contribution in [3.63, 3.8) is 0 Å². The van der Waals surface area contributed by atoms with E-state index in [2.05, 4.69) is 25.9 Å². The van der Waals surface area contributed by atoms with E-state index < -0.39 is 0 Å². The third-order valence-corrected chi connectivity index (χ3v) is 4.45. The van der Waals surface area contributed by atoms with Crippen molar-refractivity contribution in [1.29, 1.82) is 0 Å². The Morgan fingerprint density at radius 1 is 1.17 bits per heavy atom. The topological polar surface area (TPSA) is 108 Å². The van der Waals surface area contributed by atoms with Crippen LogP contribution in [0, 0.1) is 6.92 Å². The fraction of sp³-hybridized carbons (Fsp3) is 0.400. The van der Waals surface area contributed by atoms with E-state index >= 15 is 0 Å². The van der Waals surface area contributed by atoms with E-state index in [1.807, 2.05) is 40.7 Å². The van der Waals surface area contributed by atoms with E-state index in [1.165, 1.54) is 9.58 Å². The number of carbonyl (C=O) groups is 1. The Kier molecular flexibility index (Phi) is 5.58. The maximum Gasteiger partial charge on any atom is 0.321 e. The summed E-state index contributed by atoms with van der Waals surface area (Å²) in [7, 11) is 1.67. The fourth-order valence-electron chi connectivity index (χ4n) is 2.96. The number of rotatable bonds is 5. The number of amides is 2. The zero-order valence-electron chi connectivity index (χ0n) is 17.6. The van der Waals surface area contributed by atoms with Crippen LogP contribution in [0.3, 0.4) is 0 Å². The number of hydrogen-bond donors (Lipinski definition) is 3. The summed E-state index contributed by atoms with van der Waals surface area (Å²) >= 11 is 0. The average molecular weight is 397 g/mol. The predicted octanol–water partition coefficient (Wildman–Crippen LogP) is 3.31. The number of H-pyrrole nitrogens is 1. The molecule has 0 aliphatic heterocycles. The van der Waals surface area contributed by atoms with Crippen LogP contribution in [0.15, 0.2) is 29.1 Å². The summed E-state index contributed by atoms with van der Waals surface area (Å²) < 4.78 is 1.43. The van der Waals surface area contributed by atoms with Crippen LogP contribution in [0.2, 0.25) is 0 Å². The van der Waals surface area contributed by atoms with E-state index in [1.54, 1.807) is 25.2 Å². The summed E-state index contributed by atoms with van der Waals surface area (Å²) in [6.45, 7) is 9.49. The molecule has 2 heterocycles. The molecule has 1 aromatic carbocycles. The number of aromatic amines is 1. The molecule has 9 nitrogen and oxygen atoms in total. The largest absolute Gasteiger partial charge is 0.336 e. The van der Waals surface area contributed by atoms with Gasteiger partial charge in [-0.15, -0.1) is 0 Å². The molecule has 3 N–H and O–H groups in total. The van der Waals surface area contributed by atoms with Gasteiger partial charge in [0.2, 0.25) is 0 Å². The number of hydrogen-bond acceptors (Lipinski definition) is 5. The highest BCUT2D eigenvalue weighted by molar-refractivity contribution is 5.98. The molecule has 29 heavy (non-hydrogen) atoms. The van der Waals surface area contributed by atoms with Gasteiger partial charge in [0, 0.05) is 35.9 Å². The molecule has 154 valence electrons. The van der Waals surface area contributed by atoms with Gasteiger partial charge < -0.3 is 10.6 Å². The van der Waals surface area contributed by atoms with Gasteiger partial charge in [-0.25, -0.2) is 9.48 Å². The predicted molar refractivity (Wildman–Crippen MR) is 115 cm³/mol. The van der Waals surface area contributed by atoms with Gasteiger partial charge in [0.05, 0.1) is 11.4 Å². The first kappa shape index (κ1) is 20.4. The molecular formula is C20H27N7O2. The zero-order valence-corrected chi connectivity index (χ0v) is 17.6. The Bertz CT molecular complexity index is 1100. The first-order valence-electron chi connectivity index (χ1n) is 9.57. The van der Waals surface area contributed by atoms with Gasteiger partial charge in [0.1, 0.15) is 0 Å². The Morgan fingerprint density at radius 2 is 1.90 bits per heavy atom. The fourth-order valence-corrected chi connectivity index (χ4v) is 2.96. The summed E-state index contributed by atoms with van der Waals surface area (Å²) in [5, 5.41) is 18.7. The summed E-state index contributed by atoms with van der Waals surface area (Å²) in [6, 6.07) is 6.83. The van der Waals surface area contributed by atoms with Crippen molar-refractivity contribution in [3.8, 4) is 0 Å². The first-order chi connectivity index (χ1) is 13.7. The lowest BCUT2D eigenvalue weighted by Crippen LogP contribution is -2.40. The molecule has 0 atom stereocenters. The van der Waals surface area contributed by atoms with Gasteiger partial charge in [0.25, 0.3) is 5.56 Å². The minimum atomic E-state index is -0.233. The number of aromatic nitrogens is 4. The zero-order chi connectivity index (χ0) is 21.3. The molecule has 3 aromatic rings. The Morgan fingerprint density at radius 3 is 2.48 bits per heavy atom. The van der Waals surface area contributed by atoms with Crippen molar-refractivity contribution in [2.24, 2.45) is 0 Å². The highest BCUT2D eigenvalue weighted by atomic mass is 16.2. The minimum Gasteiger partial charge on any atom is -0.336 e. The maximum atomic E-state index is 13.0. The molecule has 0 unspecified atom stereocenters. The lowest BCUT2D eigenvalue weighted by Gasteiger charge is -2.21. The second-order valence-corrected chi connectivity index (χ2v) is 7.65. The van der Waals surface area contributed by atoms with Crippen LogP contribution in [0.4, 0.5) is 22.1 Å². The third-order valence-electron chi connectivity index (χ3n) is 4.45. The molecule has 0 fully saturated rings. The average Bonchev–Trinajstić information content (AvgIpc) is 3.07. The number of nitrogens with zero attached hydrogens (tertiary/aromatic N) is 4. The Labute approximate surface area is 169 Å². The number of nitrogens with one attached hydrogen (secondary N) is 3. The van der Waals surface area contributed by atoms with Crippen molar-refractivity contribution >= 4 is 34.1 Å².